The second kappa shape index (κ2) is 5.87. The smallest absolute Gasteiger partial charge is 0.124 e. The first-order chi connectivity index (χ1) is 8.63. The highest BCUT2D eigenvalue weighted by atomic mass is 79.9. The standard InChI is InChI=1S/C14H16BrNOS/c1-3-17-12-5-4-9(2)8-10(12)13(16)14-11(15)6-7-18-14/h4-8,13H,3,16H2,1-2H3. The molecule has 1 unspecified atom stereocenters. The fourth-order valence-corrected chi connectivity index (χ4v) is 3.51. The Kier molecular flexibility index (Phi) is 4.43. The average Bonchev–Trinajstić information content (AvgIpc) is 2.77. The topological polar surface area (TPSA) is 35.2 Å². The molecule has 18 heavy (non-hydrogen) atoms. The molecule has 2 rings (SSSR count). The number of hydrogen-bond acceptors (Lipinski definition) is 3. The van der Waals surface area contributed by atoms with E-state index in [2.05, 4.69) is 28.9 Å². The van der Waals surface area contributed by atoms with Crippen LogP contribution in [0.4, 0.5) is 0 Å². The van der Waals surface area contributed by atoms with Crippen molar-refractivity contribution in [2.45, 2.75) is 19.9 Å². The molecule has 0 saturated carbocycles. The summed E-state index contributed by atoms with van der Waals surface area (Å²) in [6.07, 6.45) is 0. The first-order valence-electron chi connectivity index (χ1n) is 5.85. The molecular weight excluding hydrogens is 310 g/mol. The summed E-state index contributed by atoms with van der Waals surface area (Å²) < 4.78 is 6.72. The van der Waals surface area contributed by atoms with Crippen LogP contribution in [0.15, 0.2) is 34.1 Å². The van der Waals surface area contributed by atoms with E-state index in [1.165, 1.54) is 5.56 Å². The van der Waals surface area contributed by atoms with Crippen LogP contribution >= 0.6 is 27.3 Å². The van der Waals surface area contributed by atoms with E-state index < -0.39 is 0 Å². The van der Waals surface area contributed by atoms with E-state index >= 15 is 0 Å². The summed E-state index contributed by atoms with van der Waals surface area (Å²) in [5.74, 6) is 0.871. The summed E-state index contributed by atoms with van der Waals surface area (Å²) in [6.45, 7) is 4.69. The monoisotopic (exact) mass is 325 g/mol. The molecule has 0 aliphatic heterocycles. The predicted molar refractivity (Wildman–Crippen MR) is 80.4 cm³/mol. The van der Waals surface area contributed by atoms with Gasteiger partial charge in [0.05, 0.1) is 12.6 Å². The van der Waals surface area contributed by atoms with E-state index in [-0.39, 0.29) is 6.04 Å². The van der Waals surface area contributed by atoms with Crippen LogP contribution < -0.4 is 10.5 Å². The molecular formula is C14H16BrNOS. The molecule has 1 atom stereocenters. The van der Waals surface area contributed by atoms with Crippen LogP contribution in [-0.4, -0.2) is 6.61 Å². The number of benzene rings is 1. The number of ether oxygens (including phenoxy) is 1. The molecule has 2 N–H and O–H groups in total. The van der Waals surface area contributed by atoms with Gasteiger partial charge in [0.1, 0.15) is 5.75 Å². The average molecular weight is 326 g/mol. The Hall–Kier alpha value is -0.840. The lowest BCUT2D eigenvalue weighted by Crippen LogP contribution is -2.13. The lowest BCUT2D eigenvalue weighted by molar-refractivity contribution is 0.335. The molecule has 1 heterocycles. The van der Waals surface area contributed by atoms with Crippen molar-refractivity contribution in [2.24, 2.45) is 5.73 Å². The maximum atomic E-state index is 6.36. The lowest BCUT2D eigenvalue weighted by Gasteiger charge is -2.17. The van der Waals surface area contributed by atoms with Gasteiger partial charge < -0.3 is 10.5 Å². The van der Waals surface area contributed by atoms with Crippen LogP contribution in [0.5, 0.6) is 5.75 Å². The summed E-state index contributed by atoms with van der Waals surface area (Å²) in [4.78, 5) is 1.13. The fourth-order valence-electron chi connectivity index (χ4n) is 1.87. The summed E-state index contributed by atoms with van der Waals surface area (Å²) in [5, 5.41) is 2.04. The number of rotatable bonds is 4. The van der Waals surface area contributed by atoms with Gasteiger partial charge in [-0.1, -0.05) is 17.7 Å². The van der Waals surface area contributed by atoms with Crippen molar-refractivity contribution in [1.82, 2.24) is 0 Å². The third-order valence-corrected chi connectivity index (χ3v) is 4.68. The maximum absolute atomic E-state index is 6.36. The summed E-state index contributed by atoms with van der Waals surface area (Å²) >= 11 is 5.19. The van der Waals surface area contributed by atoms with E-state index in [4.69, 9.17) is 10.5 Å². The first-order valence-corrected chi connectivity index (χ1v) is 7.52. The van der Waals surface area contributed by atoms with Gasteiger partial charge in [0.25, 0.3) is 0 Å². The minimum atomic E-state index is -0.152. The molecule has 1 aromatic carbocycles. The van der Waals surface area contributed by atoms with Crippen LogP contribution in [-0.2, 0) is 0 Å². The first kappa shape index (κ1) is 13.6. The largest absolute Gasteiger partial charge is 0.494 e. The SMILES string of the molecule is CCOc1ccc(C)cc1C(N)c1sccc1Br. The molecule has 0 spiro atoms. The molecule has 0 aliphatic rings. The van der Waals surface area contributed by atoms with E-state index in [0.29, 0.717) is 6.61 Å². The molecule has 0 radical (unpaired) electrons. The highest BCUT2D eigenvalue weighted by Crippen LogP contribution is 2.35. The number of thiophene rings is 1. The molecule has 0 amide bonds. The van der Waals surface area contributed by atoms with Gasteiger partial charge in [-0.15, -0.1) is 11.3 Å². The number of halogens is 1. The predicted octanol–water partition coefficient (Wildman–Crippen LogP) is 4.27. The van der Waals surface area contributed by atoms with Crippen LogP contribution in [0, 0.1) is 6.92 Å². The Morgan fingerprint density at radius 1 is 1.39 bits per heavy atom. The van der Waals surface area contributed by atoms with Crippen molar-refractivity contribution in [3.05, 3.63) is 50.1 Å². The molecule has 0 fully saturated rings. The van der Waals surface area contributed by atoms with E-state index in [1.807, 2.05) is 30.5 Å². The van der Waals surface area contributed by atoms with Crippen LogP contribution in [0.1, 0.15) is 29.0 Å². The van der Waals surface area contributed by atoms with Crippen molar-refractivity contribution in [2.75, 3.05) is 6.61 Å². The van der Waals surface area contributed by atoms with Crippen LogP contribution in [0.2, 0.25) is 0 Å². The molecule has 2 nitrogen and oxygen atoms in total. The Labute approximate surface area is 120 Å². The highest BCUT2D eigenvalue weighted by molar-refractivity contribution is 9.10. The number of nitrogens with two attached hydrogens (primary N) is 1. The summed E-state index contributed by atoms with van der Waals surface area (Å²) in [5.41, 5.74) is 8.59. The van der Waals surface area contributed by atoms with Crippen LogP contribution in [0.25, 0.3) is 0 Å². The Morgan fingerprint density at radius 2 is 2.17 bits per heavy atom. The van der Waals surface area contributed by atoms with Gasteiger partial charge in [0.15, 0.2) is 0 Å². The molecule has 0 aliphatic carbocycles. The van der Waals surface area contributed by atoms with Crippen molar-refractivity contribution >= 4 is 27.3 Å². The molecule has 1 aromatic heterocycles. The van der Waals surface area contributed by atoms with Gasteiger partial charge in [-0.05, 0) is 47.3 Å². The maximum Gasteiger partial charge on any atom is 0.124 e. The van der Waals surface area contributed by atoms with Gasteiger partial charge >= 0.3 is 0 Å². The second-order valence-electron chi connectivity index (χ2n) is 4.08. The number of aryl methyl sites for hydroxylation is 1. The van der Waals surface area contributed by atoms with E-state index in [9.17, 15) is 0 Å². The zero-order valence-corrected chi connectivity index (χ0v) is 12.8. The van der Waals surface area contributed by atoms with Gasteiger partial charge in [0.2, 0.25) is 0 Å². The van der Waals surface area contributed by atoms with Crippen molar-refractivity contribution in [3.63, 3.8) is 0 Å². The molecule has 2 aromatic rings. The Bertz CT molecular complexity index is 538. The second-order valence-corrected chi connectivity index (χ2v) is 5.89. The van der Waals surface area contributed by atoms with Crippen molar-refractivity contribution in [1.29, 1.82) is 0 Å². The Morgan fingerprint density at radius 3 is 2.78 bits per heavy atom. The van der Waals surface area contributed by atoms with Crippen LogP contribution in [0.3, 0.4) is 0 Å². The lowest BCUT2D eigenvalue weighted by atomic mass is 10.0. The minimum absolute atomic E-state index is 0.152. The van der Waals surface area contributed by atoms with E-state index in [1.54, 1.807) is 11.3 Å². The van der Waals surface area contributed by atoms with E-state index in [0.717, 1.165) is 20.7 Å². The minimum Gasteiger partial charge on any atom is -0.494 e. The zero-order valence-electron chi connectivity index (χ0n) is 10.4. The van der Waals surface area contributed by atoms with Gasteiger partial charge in [-0.3, -0.25) is 0 Å². The molecule has 0 saturated heterocycles. The third-order valence-electron chi connectivity index (χ3n) is 2.73. The summed E-state index contributed by atoms with van der Waals surface area (Å²) in [6, 6.07) is 8.01. The normalized spacial score (nSPS) is 12.4. The highest BCUT2D eigenvalue weighted by Gasteiger charge is 2.18. The Balaban J connectivity index is 2.43. The third kappa shape index (κ3) is 2.76. The van der Waals surface area contributed by atoms with Crippen molar-refractivity contribution in [3.8, 4) is 5.75 Å². The molecule has 96 valence electrons. The zero-order chi connectivity index (χ0) is 13.1. The van der Waals surface area contributed by atoms with Crippen molar-refractivity contribution < 1.29 is 4.74 Å². The van der Waals surface area contributed by atoms with Gasteiger partial charge in [-0.25, -0.2) is 0 Å². The molecule has 0 bridgehead atoms. The summed E-state index contributed by atoms with van der Waals surface area (Å²) in [7, 11) is 0. The van der Waals surface area contributed by atoms with Gasteiger partial charge in [-0.2, -0.15) is 0 Å². The molecule has 4 heteroatoms. The quantitative estimate of drug-likeness (QED) is 0.911. The van der Waals surface area contributed by atoms with Gasteiger partial charge in [0, 0.05) is 14.9 Å². The number of hydrogen-bond donors (Lipinski definition) is 1. The fraction of sp³-hybridized carbons (Fsp3) is 0.286.